The first-order chi connectivity index (χ1) is 10.4. The average Bonchev–Trinajstić information content (AvgIpc) is 2.38. The lowest BCUT2D eigenvalue weighted by atomic mass is 10.1. The number of carbonyl (C=O) groups is 2. The number of nitrogens with one attached hydrogen (secondary N) is 1. The predicted molar refractivity (Wildman–Crippen MR) is 85.7 cm³/mol. The van der Waals surface area contributed by atoms with Gasteiger partial charge in [-0.3, -0.25) is 0 Å². The molecule has 1 unspecified atom stereocenters. The van der Waals surface area contributed by atoms with Crippen molar-refractivity contribution in [3.8, 4) is 0 Å². The summed E-state index contributed by atoms with van der Waals surface area (Å²) >= 11 is 1.48. The van der Waals surface area contributed by atoms with Crippen LogP contribution in [-0.4, -0.2) is 48.6 Å². The number of carbonyl (C=O) groups excluding carboxylic acids is 2. The normalized spacial score (nSPS) is 20.3. The van der Waals surface area contributed by atoms with E-state index in [-0.39, 0.29) is 29.4 Å². The number of thioether (sulfide) groups is 1. The van der Waals surface area contributed by atoms with Crippen molar-refractivity contribution >= 4 is 23.9 Å². The molecule has 0 aromatic rings. The summed E-state index contributed by atoms with van der Waals surface area (Å²) in [6.07, 6.45) is 1.41. The van der Waals surface area contributed by atoms with Gasteiger partial charge in [0.2, 0.25) is 0 Å². The van der Waals surface area contributed by atoms with Crippen LogP contribution in [0.3, 0.4) is 0 Å². The van der Waals surface area contributed by atoms with Crippen molar-refractivity contribution in [2.24, 2.45) is 0 Å². The van der Waals surface area contributed by atoms with Gasteiger partial charge < -0.3 is 19.5 Å². The van der Waals surface area contributed by atoms with Crippen LogP contribution in [0.4, 0.5) is 4.79 Å². The Morgan fingerprint density at radius 1 is 1.27 bits per heavy atom. The zero-order chi connectivity index (χ0) is 16.5. The van der Waals surface area contributed by atoms with Gasteiger partial charge in [0.15, 0.2) is 0 Å². The highest BCUT2D eigenvalue weighted by atomic mass is 32.2. The van der Waals surface area contributed by atoms with E-state index in [1.165, 1.54) is 17.8 Å². The van der Waals surface area contributed by atoms with Crippen molar-refractivity contribution in [1.82, 2.24) is 5.32 Å². The molecule has 1 heterocycles. The SMILES string of the molecule is CC(C)OC(=O)/C=C1\CNCCC1SCOC(=O)OC(C)C. The van der Waals surface area contributed by atoms with E-state index in [1.54, 1.807) is 13.8 Å². The van der Waals surface area contributed by atoms with Crippen molar-refractivity contribution in [1.29, 1.82) is 0 Å². The average molecular weight is 331 g/mol. The fraction of sp³-hybridized carbons (Fsp3) is 0.733. The van der Waals surface area contributed by atoms with Gasteiger partial charge in [0.1, 0.15) is 5.94 Å². The van der Waals surface area contributed by atoms with Crippen LogP contribution in [0.2, 0.25) is 0 Å². The van der Waals surface area contributed by atoms with Crippen LogP contribution in [0.15, 0.2) is 11.6 Å². The van der Waals surface area contributed by atoms with Crippen LogP contribution in [0.25, 0.3) is 0 Å². The predicted octanol–water partition coefficient (Wildman–Crippen LogP) is 2.48. The Labute approximate surface area is 135 Å². The molecule has 7 heteroatoms. The lowest BCUT2D eigenvalue weighted by molar-refractivity contribution is -0.141. The molecule has 1 aliphatic rings. The van der Waals surface area contributed by atoms with Crippen molar-refractivity contribution < 1.29 is 23.8 Å². The van der Waals surface area contributed by atoms with Gasteiger partial charge in [0, 0.05) is 17.9 Å². The molecule has 1 atom stereocenters. The molecule has 0 bridgehead atoms. The summed E-state index contributed by atoms with van der Waals surface area (Å²) in [5, 5.41) is 3.36. The number of esters is 1. The summed E-state index contributed by atoms with van der Waals surface area (Å²) in [7, 11) is 0. The molecule has 0 amide bonds. The van der Waals surface area contributed by atoms with Gasteiger partial charge in [0.05, 0.1) is 12.2 Å². The maximum Gasteiger partial charge on any atom is 0.509 e. The third-order valence-corrected chi connectivity index (χ3v) is 3.95. The smallest absolute Gasteiger partial charge is 0.460 e. The maximum absolute atomic E-state index is 11.7. The van der Waals surface area contributed by atoms with E-state index in [0.717, 1.165) is 18.5 Å². The minimum atomic E-state index is -0.666. The largest absolute Gasteiger partial charge is 0.509 e. The molecule has 0 aromatic carbocycles. The fourth-order valence-corrected chi connectivity index (χ4v) is 2.89. The highest BCUT2D eigenvalue weighted by Crippen LogP contribution is 2.25. The molecule has 1 aliphatic heterocycles. The third kappa shape index (κ3) is 7.70. The van der Waals surface area contributed by atoms with E-state index >= 15 is 0 Å². The van der Waals surface area contributed by atoms with Crippen molar-refractivity contribution in [3.05, 3.63) is 11.6 Å². The molecule has 1 saturated heterocycles. The highest BCUT2D eigenvalue weighted by Gasteiger charge is 2.21. The standard InChI is InChI=1S/C15H25NO5S/c1-10(2)20-14(17)7-12-8-16-6-5-13(12)22-9-19-15(18)21-11(3)4/h7,10-11,13,16H,5-6,8-9H2,1-4H3/b12-7+. The zero-order valence-corrected chi connectivity index (χ0v) is 14.4. The first-order valence-corrected chi connectivity index (χ1v) is 8.50. The Balaban J connectivity index is 2.46. The van der Waals surface area contributed by atoms with Gasteiger partial charge in [-0.2, -0.15) is 0 Å². The van der Waals surface area contributed by atoms with E-state index in [1.807, 2.05) is 13.8 Å². The molecule has 0 aromatic heterocycles. The van der Waals surface area contributed by atoms with Gasteiger partial charge >= 0.3 is 12.1 Å². The summed E-state index contributed by atoms with van der Waals surface area (Å²) in [6.45, 7) is 8.67. The summed E-state index contributed by atoms with van der Waals surface area (Å²) < 4.78 is 15.0. The second kappa shape index (κ2) is 9.74. The van der Waals surface area contributed by atoms with Crippen LogP contribution in [0.1, 0.15) is 34.1 Å². The zero-order valence-electron chi connectivity index (χ0n) is 13.6. The van der Waals surface area contributed by atoms with Crippen molar-refractivity contribution in [3.63, 3.8) is 0 Å². The molecule has 22 heavy (non-hydrogen) atoms. The van der Waals surface area contributed by atoms with Crippen molar-refractivity contribution in [2.45, 2.75) is 51.6 Å². The number of hydrogen-bond donors (Lipinski definition) is 1. The third-order valence-electron chi connectivity index (χ3n) is 2.76. The van der Waals surface area contributed by atoms with E-state index in [0.29, 0.717) is 6.54 Å². The van der Waals surface area contributed by atoms with Gasteiger partial charge in [-0.25, -0.2) is 9.59 Å². The van der Waals surface area contributed by atoms with Gasteiger partial charge in [-0.1, -0.05) is 0 Å². The Kier molecular flexibility index (Phi) is 8.34. The molecule has 6 nitrogen and oxygen atoms in total. The Morgan fingerprint density at radius 2 is 1.95 bits per heavy atom. The van der Waals surface area contributed by atoms with Gasteiger partial charge in [0.25, 0.3) is 0 Å². The van der Waals surface area contributed by atoms with E-state index in [4.69, 9.17) is 14.2 Å². The van der Waals surface area contributed by atoms with Crippen LogP contribution < -0.4 is 5.32 Å². The summed E-state index contributed by atoms with van der Waals surface area (Å²) in [5.41, 5.74) is 0.961. The molecule has 1 rings (SSSR count). The van der Waals surface area contributed by atoms with E-state index in [2.05, 4.69) is 5.32 Å². The Bertz CT molecular complexity index is 409. The topological polar surface area (TPSA) is 73.9 Å². The van der Waals surface area contributed by atoms with E-state index < -0.39 is 6.16 Å². The molecule has 0 saturated carbocycles. The quantitative estimate of drug-likeness (QED) is 0.455. The minimum absolute atomic E-state index is 0.132. The molecule has 0 spiro atoms. The lowest BCUT2D eigenvalue weighted by Gasteiger charge is -2.25. The van der Waals surface area contributed by atoms with E-state index in [9.17, 15) is 9.59 Å². The van der Waals surface area contributed by atoms with Crippen LogP contribution >= 0.6 is 11.8 Å². The molecule has 126 valence electrons. The number of rotatable bonds is 6. The number of ether oxygens (including phenoxy) is 3. The highest BCUT2D eigenvalue weighted by molar-refractivity contribution is 7.99. The lowest BCUT2D eigenvalue weighted by Crippen LogP contribution is -2.33. The second-order valence-electron chi connectivity index (χ2n) is 5.50. The monoisotopic (exact) mass is 331 g/mol. The fourth-order valence-electron chi connectivity index (χ4n) is 1.91. The second-order valence-corrected chi connectivity index (χ2v) is 6.64. The van der Waals surface area contributed by atoms with Crippen LogP contribution in [-0.2, 0) is 19.0 Å². The van der Waals surface area contributed by atoms with Crippen molar-refractivity contribution in [2.75, 3.05) is 19.0 Å². The Morgan fingerprint density at radius 3 is 2.59 bits per heavy atom. The first kappa shape index (κ1) is 18.8. The van der Waals surface area contributed by atoms with Gasteiger partial charge in [-0.05, 0) is 46.2 Å². The van der Waals surface area contributed by atoms with Crippen LogP contribution in [0.5, 0.6) is 0 Å². The number of hydrogen-bond acceptors (Lipinski definition) is 7. The maximum atomic E-state index is 11.7. The molecule has 0 radical (unpaired) electrons. The van der Waals surface area contributed by atoms with Crippen LogP contribution in [0, 0.1) is 0 Å². The minimum Gasteiger partial charge on any atom is -0.460 e. The summed E-state index contributed by atoms with van der Waals surface area (Å²) in [5.74, 6) is -0.133. The Hall–Kier alpha value is -1.21. The first-order valence-electron chi connectivity index (χ1n) is 7.45. The molecular formula is C15H25NO5S. The summed E-state index contributed by atoms with van der Waals surface area (Å²) in [4.78, 5) is 23.0. The number of piperidine rings is 1. The molecular weight excluding hydrogens is 306 g/mol. The molecule has 1 fully saturated rings. The molecule has 1 N–H and O–H groups in total. The van der Waals surface area contributed by atoms with Gasteiger partial charge in [-0.15, -0.1) is 11.8 Å². The summed E-state index contributed by atoms with van der Waals surface area (Å²) in [6, 6.07) is 0. The molecule has 0 aliphatic carbocycles.